The van der Waals surface area contributed by atoms with Crippen molar-refractivity contribution in [3.8, 4) is 0 Å². The second kappa shape index (κ2) is 11.2. The summed E-state index contributed by atoms with van der Waals surface area (Å²) in [6.45, 7) is 16.1. The van der Waals surface area contributed by atoms with Crippen molar-refractivity contribution in [1.29, 1.82) is 0 Å². The second-order valence-corrected chi connectivity index (χ2v) is 9.82. The molecule has 0 radical (unpaired) electrons. The first-order valence-electron chi connectivity index (χ1n) is 12.6. The van der Waals surface area contributed by atoms with Gasteiger partial charge in [0.25, 0.3) is 0 Å². The summed E-state index contributed by atoms with van der Waals surface area (Å²) >= 11 is 0. The summed E-state index contributed by atoms with van der Waals surface area (Å²) in [5.74, 6) is 0.0218. The molecule has 2 saturated heterocycles. The number of nitrogens with zero attached hydrogens (tertiary/aromatic N) is 4. The van der Waals surface area contributed by atoms with Crippen molar-refractivity contribution in [1.82, 2.24) is 19.6 Å². The van der Waals surface area contributed by atoms with Crippen molar-refractivity contribution in [2.24, 2.45) is 0 Å². The van der Waals surface area contributed by atoms with E-state index in [-0.39, 0.29) is 5.91 Å². The molecule has 3 fully saturated rings. The first-order valence-corrected chi connectivity index (χ1v) is 12.6. The van der Waals surface area contributed by atoms with Crippen molar-refractivity contribution in [2.75, 3.05) is 52.9 Å². The van der Waals surface area contributed by atoms with Crippen LogP contribution in [0.2, 0.25) is 0 Å². The lowest BCUT2D eigenvalue weighted by Crippen LogP contribution is -2.52. The molecule has 4 aliphatic rings. The molecule has 0 unspecified atom stereocenters. The van der Waals surface area contributed by atoms with Gasteiger partial charge in [-0.05, 0) is 49.3 Å². The summed E-state index contributed by atoms with van der Waals surface area (Å²) in [4.78, 5) is 21.4. The van der Waals surface area contributed by atoms with E-state index >= 15 is 0 Å². The lowest BCUT2D eigenvalue weighted by molar-refractivity contribution is -0.122. The molecule has 0 N–H and O–H groups in total. The molecule has 0 atom stereocenters. The Balaban J connectivity index is 1.27. The van der Waals surface area contributed by atoms with Crippen molar-refractivity contribution in [3.05, 3.63) is 72.2 Å². The number of piperidine rings is 1. The second-order valence-electron chi connectivity index (χ2n) is 9.82. The summed E-state index contributed by atoms with van der Waals surface area (Å²) in [6, 6.07) is 0.860. The largest absolute Gasteiger partial charge is 0.372 e. The summed E-state index contributed by atoms with van der Waals surface area (Å²) in [7, 11) is 1.81. The average molecular weight is 449 g/mol. The van der Waals surface area contributed by atoms with E-state index in [1.807, 2.05) is 25.4 Å². The van der Waals surface area contributed by atoms with Gasteiger partial charge in [-0.3, -0.25) is 14.6 Å². The maximum absolute atomic E-state index is 12.0. The van der Waals surface area contributed by atoms with Crippen LogP contribution in [-0.4, -0.2) is 84.4 Å². The minimum absolute atomic E-state index is 0.0218. The van der Waals surface area contributed by atoms with Gasteiger partial charge in [-0.2, -0.15) is 0 Å². The highest BCUT2D eigenvalue weighted by Crippen LogP contribution is 2.27. The molecule has 3 heterocycles. The topological polar surface area (TPSA) is 30.0 Å². The number of piperazine rings is 1. The highest BCUT2D eigenvalue weighted by molar-refractivity contribution is 5.88. The third-order valence-corrected chi connectivity index (χ3v) is 7.58. The number of likely N-dealkylation sites (tertiary alicyclic amines) is 1. The maximum atomic E-state index is 12.0. The van der Waals surface area contributed by atoms with Crippen LogP contribution < -0.4 is 0 Å². The van der Waals surface area contributed by atoms with Gasteiger partial charge in [-0.15, -0.1) is 0 Å². The number of allylic oxidation sites excluding steroid dienone is 6. The molecular formula is C28H40N4O. The van der Waals surface area contributed by atoms with Gasteiger partial charge < -0.3 is 9.80 Å². The Morgan fingerprint density at radius 3 is 2.48 bits per heavy atom. The predicted molar refractivity (Wildman–Crippen MR) is 137 cm³/mol. The summed E-state index contributed by atoms with van der Waals surface area (Å²) in [5, 5.41) is 0. The van der Waals surface area contributed by atoms with Gasteiger partial charge >= 0.3 is 0 Å². The molecule has 0 spiro atoms. The van der Waals surface area contributed by atoms with E-state index in [0.717, 1.165) is 69.2 Å². The predicted octanol–water partition coefficient (Wildman–Crippen LogP) is 4.11. The van der Waals surface area contributed by atoms with Gasteiger partial charge in [0.05, 0.1) is 0 Å². The zero-order valence-electron chi connectivity index (χ0n) is 20.3. The van der Waals surface area contributed by atoms with Gasteiger partial charge in [-0.25, -0.2) is 0 Å². The number of hydrogen-bond acceptors (Lipinski definition) is 4. The van der Waals surface area contributed by atoms with Crippen LogP contribution in [0, 0.1) is 0 Å². The van der Waals surface area contributed by atoms with E-state index in [4.69, 9.17) is 0 Å². The van der Waals surface area contributed by atoms with Crippen LogP contribution in [0.15, 0.2) is 72.2 Å². The third-order valence-electron chi connectivity index (χ3n) is 7.58. The van der Waals surface area contributed by atoms with Crippen LogP contribution in [0.4, 0.5) is 0 Å². The smallest absolute Gasteiger partial charge is 0.249 e. The molecule has 178 valence electrons. The standard InChI is InChI=1S/C28H40N4O/c1-4-7-25(26-8-5-11-28(33)29(3)22-26)20-24-12-14-30(15-13-24)21-23(2)31-16-18-32(19-17-31)27-9-6-10-27/h4-5,7,11,20,22,27H,1-2,6,8-10,12-19,21H2,3H3/b25-7+. The average Bonchev–Trinajstić information content (AvgIpc) is 2.95. The molecule has 1 amide bonds. The van der Waals surface area contributed by atoms with E-state index < -0.39 is 0 Å². The summed E-state index contributed by atoms with van der Waals surface area (Å²) < 4.78 is 0. The number of likely N-dealkylation sites (N-methyl/N-ethyl adjacent to an activating group) is 1. The molecule has 0 aromatic rings. The van der Waals surface area contributed by atoms with Gasteiger partial charge in [0, 0.05) is 70.8 Å². The highest BCUT2D eigenvalue weighted by atomic mass is 16.2. The minimum Gasteiger partial charge on any atom is -0.372 e. The quantitative estimate of drug-likeness (QED) is 0.549. The van der Waals surface area contributed by atoms with Crippen molar-refractivity contribution >= 4 is 5.91 Å². The first-order chi connectivity index (χ1) is 16.0. The molecular weight excluding hydrogens is 408 g/mol. The number of hydrogen-bond donors (Lipinski definition) is 0. The van der Waals surface area contributed by atoms with Gasteiger partial charge in [-0.1, -0.05) is 49.5 Å². The molecule has 3 aliphatic heterocycles. The van der Waals surface area contributed by atoms with Crippen LogP contribution in [0.25, 0.3) is 0 Å². The van der Waals surface area contributed by atoms with Crippen LogP contribution >= 0.6 is 0 Å². The number of carbonyl (C=O) groups is 1. The van der Waals surface area contributed by atoms with Crippen LogP contribution in [0.3, 0.4) is 0 Å². The molecule has 5 nitrogen and oxygen atoms in total. The molecule has 0 bridgehead atoms. The number of rotatable bonds is 7. The summed E-state index contributed by atoms with van der Waals surface area (Å²) in [6.07, 6.45) is 18.9. The fraction of sp³-hybridized carbons (Fsp3) is 0.536. The van der Waals surface area contributed by atoms with Gasteiger partial charge in [0.15, 0.2) is 0 Å². The van der Waals surface area contributed by atoms with Crippen LogP contribution in [-0.2, 0) is 4.79 Å². The van der Waals surface area contributed by atoms with E-state index in [1.54, 1.807) is 11.0 Å². The number of carbonyl (C=O) groups excluding carboxylic acids is 1. The Labute approximate surface area is 200 Å². The van der Waals surface area contributed by atoms with Gasteiger partial charge in [0.1, 0.15) is 0 Å². The van der Waals surface area contributed by atoms with Crippen LogP contribution in [0.5, 0.6) is 0 Å². The Morgan fingerprint density at radius 2 is 1.85 bits per heavy atom. The SMILES string of the molecule is C=C/C=C(\C=C1CCN(CC(=C)N2CCN(C3CCC3)CC2)CC1)C1=CN(C)C(=O)C=CC1. The molecule has 0 aromatic carbocycles. The molecule has 0 aromatic heterocycles. The fourth-order valence-electron chi connectivity index (χ4n) is 5.20. The molecule has 5 heteroatoms. The number of amides is 1. The monoisotopic (exact) mass is 448 g/mol. The van der Waals surface area contributed by atoms with Crippen molar-refractivity contribution in [3.63, 3.8) is 0 Å². The van der Waals surface area contributed by atoms with E-state index in [0.29, 0.717) is 0 Å². The van der Waals surface area contributed by atoms with Crippen LogP contribution in [0.1, 0.15) is 38.5 Å². The Hall–Kier alpha value is -2.37. The van der Waals surface area contributed by atoms with Crippen molar-refractivity contribution in [2.45, 2.75) is 44.6 Å². The Kier molecular flexibility index (Phi) is 8.05. The maximum Gasteiger partial charge on any atom is 0.249 e. The lowest BCUT2D eigenvalue weighted by Gasteiger charge is -2.44. The summed E-state index contributed by atoms with van der Waals surface area (Å²) in [5.41, 5.74) is 5.07. The molecule has 33 heavy (non-hydrogen) atoms. The highest BCUT2D eigenvalue weighted by Gasteiger charge is 2.28. The fourth-order valence-corrected chi connectivity index (χ4v) is 5.20. The molecule has 1 saturated carbocycles. The molecule has 1 aliphatic carbocycles. The molecule has 4 rings (SSSR count). The third kappa shape index (κ3) is 6.15. The normalized spacial score (nSPS) is 23.8. The zero-order valence-corrected chi connectivity index (χ0v) is 20.3. The zero-order chi connectivity index (χ0) is 23.2. The van der Waals surface area contributed by atoms with Crippen molar-refractivity contribution < 1.29 is 4.79 Å². The first kappa shape index (κ1) is 23.8. The Morgan fingerprint density at radius 1 is 1.12 bits per heavy atom. The lowest BCUT2D eigenvalue weighted by atomic mass is 9.91. The Bertz CT molecular complexity index is 858. The van der Waals surface area contributed by atoms with Gasteiger partial charge in [0.2, 0.25) is 5.91 Å². The van der Waals surface area contributed by atoms with E-state index in [2.05, 4.69) is 40.0 Å². The van der Waals surface area contributed by atoms with E-state index in [1.165, 1.54) is 43.6 Å². The van der Waals surface area contributed by atoms with E-state index in [9.17, 15) is 4.79 Å². The minimum atomic E-state index is 0.0218.